The third-order valence-corrected chi connectivity index (χ3v) is 3.69. The van der Waals surface area contributed by atoms with Gasteiger partial charge >= 0.3 is 0 Å². The van der Waals surface area contributed by atoms with Crippen LogP contribution in [0.15, 0.2) is 53.5 Å². The average molecular weight is 296 g/mol. The van der Waals surface area contributed by atoms with Gasteiger partial charge in [0.1, 0.15) is 6.10 Å². The zero-order valence-corrected chi connectivity index (χ0v) is 12.0. The summed E-state index contributed by atoms with van der Waals surface area (Å²) in [5, 5.41) is 10.8. The van der Waals surface area contributed by atoms with Crippen LogP contribution in [0.1, 0.15) is 22.8 Å². The van der Waals surface area contributed by atoms with E-state index >= 15 is 0 Å². The lowest BCUT2D eigenvalue weighted by molar-refractivity contribution is -0.384. The van der Waals surface area contributed by atoms with Crippen molar-refractivity contribution in [1.82, 2.24) is 0 Å². The Balaban J connectivity index is 1.71. The molecular formula is C17H16N2O3. The van der Waals surface area contributed by atoms with Crippen LogP contribution in [0.3, 0.4) is 0 Å². The van der Waals surface area contributed by atoms with Crippen LogP contribution >= 0.6 is 0 Å². The molecule has 1 heterocycles. The number of non-ortho nitro benzene ring substituents is 1. The van der Waals surface area contributed by atoms with E-state index in [9.17, 15) is 10.1 Å². The van der Waals surface area contributed by atoms with Gasteiger partial charge in [-0.15, -0.1) is 0 Å². The monoisotopic (exact) mass is 296 g/mol. The van der Waals surface area contributed by atoms with Crippen molar-refractivity contribution < 1.29 is 9.66 Å². The molecule has 1 atom stereocenters. The van der Waals surface area contributed by atoms with E-state index in [1.165, 1.54) is 23.3 Å². The minimum atomic E-state index is -0.405. The quantitative estimate of drug-likeness (QED) is 0.494. The Morgan fingerprint density at radius 1 is 1.27 bits per heavy atom. The van der Waals surface area contributed by atoms with Gasteiger partial charge in [0.15, 0.2) is 0 Å². The Labute approximate surface area is 128 Å². The molecule has 0 spiro atoms. The van der Waals surface area contributed by atoms with E-state index in [0.717, 1.165) is 12.0 Å². The molecule has 22 heavy (non-hydrogen) atoms. The molecule has 2 aromatic carbocycles. The maximum atomic E-state index is 10.8. The summed E-state index contributed by atoms with van der Waals surface area (Å²) in [5.74, 6) is 0. The third kappa shape index (κ3) is 3.20. The van der Waals surface area contributed by atoms with Crippen LogP contribution in [-0.2, 0) is 11.2 Å². The van der Waals surface area contributed by atoms with Crippen molar-refractivity contribution in [2.45, 2.75) is 12.5 Å². The summed E-state index contributed by atoms with van der Waals surface area (Å²) in [6, 6.07) is 14.7. The summed E-state index contributed by atoms with van der Waals surface area (Å²) in [7, 11) is 0. The molecule has 0 aliphatic carbocycles. The molecule has 0 saturated heterocycles. The molecular weight excluding hydrogens is 280 g/mol. The van der Waals surface area contributed by atoms with E-state index < -0.39 is 4.92 Å². The molecule has 0 radical (unpaired) electrons. The van der Waals surface area contributed by atoms with Gasteiger partial charge in [0.05, 0.1) is 18.1 Å². The number of hydrogen-bond donors (Lipinski definition) is 0. The standard InChI is InChI=1S/C17H16N2O3/c20-19(21)15-6-3-4-13(10-15)11-18-12-17-16-7-2-1-5-14(16)8-9-22-17/h1-7,10-11,17H,8-9,12H2. The van der Waals surface area contributed by atoms with Crippen LogP contribution in [0.5, 0.6) is 0 Å². The zero-order valence-electron chi connectivity index (χ0n) is 12.0. The van der Waals surface area contributed by atoms with Crippen molar-refractivity contribution in [2.75, 3.05) is 13.2 Å². The second kappa shape index (κ2) is 6.49. The van der Waals surface area contributed by atoms with Gasteiger partial charge in [-0.3, -0.25) is 15.1 Å². The highest BCUT2D eigenvalue weighted by Crippen LogP contribution is 2.27. The van der Waals surface area contributed by atoms with Crippen LogP contribution in [0.2, 0.25) is 0 Å². The fraction of sp³-hybridized carbons (Fsp3) is 0.235. The first-order valence-corrected chi connectivity index (χ1v) is 7.18. The number of fused-ring (bicyclic) bond motifs is 1. The Morgan fingerprint density at radius 2 is 2.14 bits per heavy atom. The van der Waals surface area contributed by atoms with E-state index in [4.69, 9.17) is 4.74 Å². The predicted molar refractivity (Wildman–Crippen MR) is 84.4 cm³/mol. The summed E-state index contributed by atoms with van der Waals surface area (Å²) in [6.45, 7) is 1.22. The van der Waals surface area contributed by atoms with Crippen molar-refractivity contribution in [3.63, 3.8) is 0 Å². The number of nitro benzene ring substituents is 1. The molecule has 1 aliphatic rings. The molecule has 3 rings (SSSR count). The molecule has 0 amide bonds. The smallest absolute Gasteiger partial charge is 0.270 e. The molecule has 0 saturated carbocycles. The molecule has 2 aromatic rings. The largest absolute Gasteiger partial charge is 0.371 e. The molecule has 5 heteroatoms. The van der Waals surface area contributed by atoms with Crippen LogP contribution in [0.25, 0.3) is 0 Å². The topological polar surface area (TPSA) is 64.7 Å². The van der Waals surface area contributed by atoms with Gasteiger partial charge in [-0.25, -0.2) is 0 Å². The Bertz CT molecular complexity index is 713. The lowest BCUT2D eigenvalue weighted by Gasteiger charge is -2.24. The minimum Gasteiger partial charge on any atom is -0.371 e. The normalized spacial score (nSPS) is 17.4. The minimum absolute atomic E-state index is 0.0418. The lowest BCUT2D eigenvalue weighted by atomic mass is 9.98. The fourth-order valence-electron chi connectivity index (χ4n) is 2.60. The predicted octanol–water partition coefficient (Wildman–Crippen LogP) is 3.33. The molecule has 0 N–H and O–H groups in total. The van der Waals surface area contributed by atoms with Gasteiger partial charge in [0, 0.05) is 18.3 Å². The van der Waals surface area contributed by atoms with Crippen molar-refractivity contribution >= 4 is 11.9 Å². The summed E-state index contributed by atoms with van der Waals surface area (Å²) in [4.78, 5) is 14.7. The second-order valence-electron chi connectivity index (χ2n) is 5.15. The van der Waals surface area contributed by atoms with Crippen LogP contribution in [0.4, 0.5) is 5.69 Å². The van der Waals surface area contributed by atoms with E-state index in [2.05, 4.69) is 17.1 Å². The maximum absolute atomic E-state index is 10.8. The summed E-state index contributed by atoms with van der Waals surface area (Å²) >= 11 is 0. The van der Waals surface area contributed by atoms with Gasteiger partial charge in [0.25, 0.3) is 5.69 Å². The molecule has 1 aliphatic heterocycles. The number of hydrogen-bond acceptors (Lipinski definition) is 4. The van der Waals surface area contributed by atoms with Gasteiger partial charge in [-0.1, -0.05) is 36.4 Å². The van der Waals surface area contributed by atoms with Crippen LogP contribution < -0.4 is 0 Å². The number of nitrogens with zero attached hydrogens (tertiary/aromatic N) is 2. The SMILES string of the molecule is O=[N+]([O-])c1cccc(C=NCC2OCCc3ccccc32)c1. The van der Waals surface area contributed by atoms with Gasteiger partial charge < -0.3 is 4.74 Å². The second-order valence-corrected chi connectivity index (χ2v) is 5.15. The number of benzene rings is 2. The number of aliphatic imine (C=N–C) groups is 1. The third-order valence-electron chi connectivity index (χ3n) is 3.69. The van der Waals surface area contributed by atoms with Crippen LogP contribution in [0, 0.1) is 10.1 Å². The summed E-state index contributed by atoms with van der Waals surface area (Å²) in [6.07, 6.45) is 2.55. The van der Waals surface area contributed by atoms with Gasteiger partial charge in [-0.2, -0.15) is 0 Å². The Kier molecular flexibility index (Phi) is 4.25. The molecule has 0 aromatic heterocycles. The molecule has 112 valence electrons. The van der Waals surface area contributed by atoms with Crippen LogP contribution in [-0.4, -0.2) is 24.3 Å². The van der Waals surface area contributed by atoms with Crippen molar-refractivity contribution in [2.24, 2.45) is 4.99 Å². The fourth-order valence-corrected chi connectivity index (χ4v) is 2.60. The van der Waals surface area contributed by atoms with Crippen molar-refractivity contribution in [1.29, 1.82) is 0 Å². The highest BCUT2D eigenvalue weighted by Gasteiger charge is 2.19. The number of rotatable bonds is 4. The first-order valence-electron chi connectivity index (χ1n) is 7.18. The summed E-state index contributed by atoms with van der Waals surface area (Å²) < 4.78 is 5.78. The van der Waals surface area contributed by atoms with Crippen molar-refractivity contribution in [3.8, 4) is 0 Å². The molecule has 0 bridgehead atoms. The van der Waals surface area contributed by atoms with Gasteiger partial charge in [0.2, 0.25) is 0 Å². The highest BCUT2D eigenvalue weighted by atomic mass is 16.6. The summed E-state index contributed by atoms with van der Waals surface area (Å²) in [5.41, 5.74) is 3.29. The number of ether oxygens (including phenoxy) is 1. The molecule has 0 fully saturated rings. The van der Waals surface area contributed by atoms with Crippen molar-refractivity contribution in [3.05, 3.63) is 75.3 Å². The molecule has 5 nitrogen and oxygen atoms in total. The first-order chi connectivity index (χ1) is 10.7. The zero-order chi connectivity index (χ0) is 15.4. The average Bonchev–Trinajstić information content (AvgIpc) is 2.55. The lowest BCUT2D eigenvalue weighted by Crippen LogP contribution is -2.18. The number of nitro groups is 1. The van der Waals surface area contributed by atoms with E-state index in [0.29, 0.717) is 13.2 Å². The van der Waals surface area contributed by atoms with Gasteiger partial charge in [-0.05, 0) is 23.1 Å². The van der Waals surface area contributed by atoms with E-state index in [-0.39, 0.29) is 11.8 Å². The molecule has 1 unspecified atom stereocenters. The Morgan fingerprint density at radius 3 is 3.00 bits per heavy atom. The van der Waals surface area contributed by atoms with E-state index in [1.807, 2.05) is 12.1 Å². The Hall–Kier alpha value is -2.53. The highest BCUT2D eigenvalue weighted by molar-refractivity contribution is 5.80. The first kappa shape index (κ1) is 14.4. The maximum Gasteiger partial charge on any atom is 0.270 e. The van der Waals surface area contributed by atoms with E-state index in [1.54, 1.807) is 18.3 Å².